The molecule has 0 aliphatic carbocycles. The van der Waals surface area contributed by atoms with Crippen molar-refractivity contribution >= 4 is 0 Å². The fourth-order valence-corrected chi connectivity index (χ4v) is 3.27. The molecule has 0 aromatic heterocycles. The Morgan fingerprint density at radius 3 is 1.91 bits per heavy atom. The van der Waals surface area contributed by atoms with Gasteiger partial charge >= 0.3 is 0 Å². The van der Waals surface area contributed by atoms with E-state index in [2.05, 4.69) is 13.5 Å². The predicted molar refractivity (Wildman–Crippen MR) is 135 cm³/mol. The average Bonchev–Trinajstić information content (AvgIpc) is 2.83. The molecular formula is C29H33FO5. The Morgan fingerprint density at radius 1 is 0.829 bits per heavy atom. The van der Waals surface area contributed by atoms with Gasteiger partial charge in [0.05, 0.1) is 6.61 Å². The van der Waals surface area contributed by atoms with Crippen LogP contribution in [0.25, 0.3) is 0 Å². The van der Waals surface area contributed by atoms with Gasteiger partial charge in [-0.05, 0) is 93.1 Å². The predicted octanol–water partition coefficient (Wildman–Crippen LogP) is 7.86. The van der Waals surface area contributed by atoms with Crippen LogP contribution in [0.15, 0.2) is 85.1 Å². The van der Waals surface area contributed by atoms with E-state index in [1.165, 1.54) is 12.1 Å². The van der Waals surface area contributed by atoms with Gasteiger partial charge in [0.1, 0.15) is 46.4 Å². The van der Waals surface area contributed by atoms with Crippen LogP contribution in [0.5, 0.6) is 28.7 Å². The monoisotopic (exact) mass is 480 g/mol. The minimum absolute atomic E-state index is 0.0165. The van der Waals surface area contributed by atoms with E-state index in [-0.39, 0.29) is 17.7 Å². The topological polar surface area (TPSA) is 57.2 Å². The van der Waals surface area contributed by atoms with Crippen LogP contribution in [-0.2, 0) is 0 Å². The Labute approximate surface area is 206 Å². The molecule has 0 aliphatic heterocycles. The molecule has 5 nitrogen and oxygen atoms in total. The van der Waals surface area contributed by atoms with Gasteiger partial charge in [-0.3, -0.25) is 0 Å². The van der Waals surface area contributed by atoms with Crippen molar-refractivity contribution in [2.75, 3.05) is 6.61 Å². The van der Waals surface area contributed by atoms with Gasteiger partial charge in [0.15, 0.2) is 5.60 Å². The molecule has 0 amide bonds. The van der Waals surface area contributed by atoms with Crippen LogP contribution in [0.4, 0.5) is 4.39 Å². The van der Waals surface area contributed by atoms with Crippen molar-refractivity contribution in [2.24, 2.45) is 0 Å². The zero-order chi connectivity index (χ0) is 25.3. The maximum atomic E-state index is 13.0. The largest absolute Gasteiger partial charge is 0.509 e. The second-order valence-corrected chi connectivity index (χ2v) is 8.72. The molecule has 0 heterocycles. The van der Waals surface area contributed by atoms with Crippen LogP contribution in [0.3, 0.4) is 0 Å². The van der Waals surface area contributed by atoms with Crippen LogP contribution < -0.4 is 18.9 Å². The summed E-state index contributed by atoms with van der Waals surface area (Å²) in [5.74, 6) is 3.00. The molecule has 6 heteroatoms. The maximum absolute atomic E-state index is 13.0. The van der Waals surface area contributed by atoms with Gasteiger partial charge in [-0.25, -0.2) is 4.39 Å². The Morgan fingerprint density at radius 2 is 1.34 bits per heavy atom. The molecule has 1 atom stereocenters. The first-order valence-electron chi connectivity index (χ1n) is 11.8. The summed E-state index contributed by atoms with van der Waals surface area (Å²) in [6.07, 6.45) is 2.65. The molecule has 0 saturated heterocycles. The van der Waals surface area contributed by atoms with E-state index >= 15 is 0 Å². The van der Waals surface area contributed by atoms with E-state index in [9.17, 15) is 9.50 Å². The van der Waals surface area contributed by atoms with E-state index in [0.29, 0.717) is 23.9 Å². The molecule has 3 rings (SSSR count). The number of halogens is 1. The third-order valence-electron chi connectivity index (χ3n) is 5.39. The fraction of sp³-hybridized carbons (Fsp3) is 0.310. The quantitative estimate of drug-likeness (QED) is 0.252. The van der Waals surface area contributed by atoms with Crippen molar-refractivity contribution in [3.63, 3.8) is 0 Å². The van der Waals surface area contributed by atoms with Gasteiger partial charge in [0, 0.05) is 6.42 Å². The van der Waals surface area contributed by atoms with Gasteiger partial charge < -0.3 is 24.1 Å². The van der Waals surface area contributed by atoms with E-state index in [1.807, 2.05) is 36.4 Å². The van der Waals surface area contributed by atoms with Crippen molar-refractivity contribution in [3.05, 3.63) is 91.0 Å². The van der Waals surface area contributed by atoms with Crippen molar-refractivity contribution in [3.8, 4) is 28.7 Å². The number of aliphatic hydroxyl groups is 1. The zero-order valence-electron chi connectivity index (χ0n) is 20.5. The van der Waals surface area contributed by atoms with Gasteiger partial charge in [-0.15, -0.1) is 0 Å². The summed E-state index contributed by atoms with van der Waals surface area (Å²) in [6, 6.07) is 20.6. The number of hydrogen-bond donors (Lipinski definition) is 1. The third kappa shape index (κ3) is 8.25. The minimum atomic E-state index is -0.863. The highest BCUT2D eigenvalue weighted by Gasteiger charge is 2.23. The third-order valence-corrected chi connectivity index (χ3v) is 5.39. The lowest BCUT2D eigenvalue weighted by molar-refractivity contribution is 0.0973. The lowest BCUT2D eigenvalue weighted by Gasteiger charge is -2.25. The molecule has 3 aromatic carbocycles. The molecule has 1 unspecified atom stereocenters. The summed E-state index contributed by atoms with van der Waals surface area (Å²) >= 11 is 0. The van der Waals surface area contributed by atoms with Crippen molar-refractivity contribution in [1.29, 1.82) is 0 Å². The Balaban J connectivity index is 1.48. The minimum Gasteiger partial charge on any atom is -0.509 e. The SMILES string of the molecule is C=C(O)C(C)(C)Oc1ccc(OCCC(CCC)Oc2ccc(Oc3ccc(F)cc3)cc2)cc1. The number of rotatable bonds is 13. The second kappa shape index (κ2) is 12.2. The summed E-state index contributed by atoms with van der Waals surface area (Å²) in [4.78, 5) is 0. The summed E-state index contributed by atoms with van der Waals surface area (Å²) in [7, 11) is 0. The number of ether oxygens (including phenoxy) is 4. The average molecular weight is 481 g/mol. The Bertz CT molecular complexity index is 1060. The molecule has 35 heavy (non-hydrogen) atoms. The van der Waals surface area contributed by atoms with E-state index in [0.717, 1.165) is 30.8 Å². The van der Waals surface area contributed by atoms with Crippen LogP contribution in [0.2, 0.25) is 0 Å². The molecule has 1 N–H and O–H groups in total. The fourth-order valence-electron chi connectivity index (χ4n) is 3.27. The first-order valence-corrected chi connectivity index (χ1v) is 11.8. The number of aliphatic hydroxyl groups excluding tert-OH is 1. The highest BCUT2D eigenvalue weighted by molar-refractivity contribution is 5.35. The van der Waals surface area contributed by atoms with Crippen LogP contribution in [0.1, 0.15) is 40.0 Å². The standard InChI is InChI=1S/C29H33FO5/c1-5-6-24(19-20-32-23-11-17-28(18-12-23)35-29(3,4)21(2)31)33-26-13-15-27(16-14-26)34-25-9-7-22(30)8-10-25/h7-18,24,31H,2,5-6,19-20H2,1,3-4H3. The van der Waals surface area contributed by atoms with Crippen molar-refractivity contribution < 1.29 is 28.4 Å². The molecule has 0 saturated carbocycles. The molecule has 0 bridgehead atoms. The van der Waals surface area contributed by atoms with Crippen LogP contribution >= 0.6 is 0 Å². The Hall–Kier alpha value is -3.67. The van der Waals surface area contributed by atoms with E-state index in [1.54, 1.807) is 38.1 Å². The van der Waals surface area contributed by atoms with Gasteiger partial charge in [0.2, 0.25) is 0 Å². The van der Waals surface area contributed by atoms with Crippen LogP contribution in [-0.4, -0.2) is 23.4 Å². The first-order chi connectivity index (χ1) is 16.7. The van der Waals surface area contributed by atoms with Gasteiger partial charge in [0.25, 0.3) is 0 Å². The maximum Gasteiger partial charge on any atom is 0.159 e. The molecule has 0 fully saturated rings. The van der Waals surface area contributed by atoms with Gasteiger partial charge in [-0.2, -0.15) is 0 Å². The zero-order valence-corrected chi connectivity index (χ0v) is 20.5. The van der Waals surface area contributed by atoms with E-state index in [4.69, 9.17) is 18.9 Å². The summed E-state index contributed by atoms with van der Waals surface area (Å²) in [5.41, 5.74) is -0.863. The highest BCUT2D eigenvalue weighted by Crippen LogP contribution is 2.27. The van der Waals surface area contributed by atoms with Crippen molar-refractivity contribution in [2.45, 2.75) is 51.7 Å². The summed E-state index contributed by atoms with van der Waals surface area (Å²) in [5, 5.41) is 9.62. The molecular weight excluding hydrogens is 447 g/mol. The second-order valence-electron chi connectivity index (χ2n) is 8.72. The lowest BCUT2D eigenvalue weighted by atomic mass is 10.1. The molecule has 0 spiro atoms. The lowest BCUT2D eigenvalue weighted by Crippen LogP contribution is -2.30. The summed E-state index contributed by atoms with van der Waals surface area (Å²) in [6.45, 7) is 9.67. The molecule has 0 radical (unpaired) electrons. The first kappa shape index (κ1) is 25.9. The number of benzene rings is 3. The normalized spacial score (nSPS) is 12.0. The number of hydrogen-bond acceptors (Lipinski definition) is 5. The molecule has 186 valence electrons. The molecule has 3 aromatic rings. The van der Waals surface area contributed by atoms with Crippen LogP contribution in [0, 0.1) is 5.82 Å². The van der Waals surface area contributed by atoms with E-state index < -0.39 is 5.60 Å². The summed E-state index contributed by atoms with van der Waals surface area (Å²) < 4.78 is 36.6. The Kier molecular flexibility index (Phi) is 9.01. The van der Waals surface area contributed by atoms with Gasteiger partial charge in [-0.1, -0.05) is 19.9 Å². The highest BCUT2D eigenvalue weighted by atomic mass is 19.1. The smallest absolute Gasteiger partial charge is 0.159 e. The molecule has 0 aliphatic rings. The van der Waals surface area contributed by atoms with Crippen molar-refractivity contribution in [1.82, 2.24) is 0 Å².